The molecular formula is C19H20F2N4O2. The predicted molar refractivity (Wildman–Crippen MR) is 95.6 cm³/mol. The summed E-state index contributed by atoms with van der Waals surface area (Å²) in [5, 5.41) is 0. The van der Waals surface area contributed by atoms with Gasteiger partial charge < -0.3 is 14.5 Å². The number of hydrogen-bond acceptors (Lipinski definition) is 5. The van der Waals surface area contributed by atoms with Crippen LogP contribution in [0.15, 0.2) is 36.4 Å². The van der Waals surface area contributed by atoms with Gasteiger partial charge in [0, 0.05) is 25.7 Å². The fourth-order valence-corrected chi connectivity index (χ4v) is 3.27. The molecule has 0 spiro atoms. The van der Waals surface area contributed by atoms with Crippen LogP contribution in [0, 0.1) is 5.82 Å². The van der Waals surface area contributed by atoms with Gasteiger partial charge in [-0.1, -0.05) is 6.07 Å². The zero-order valence-electron chi connectivity index (χ0n) is 14.9. The molecule has 3 aromatic rings. The maximum Gasteiger partial charge on any atom is 0.213 e. The molecule has 6 nitrogen and oxygen atoms in total. The molecule has 4 rings (SSSR count). The van der Waals surface area contributed by atoms with E-state index in [-0.39, 0.29) is 19.0 Å². The second-order valence-corrected chi connectivity index (χ2v) is 6.58. The smallest absolute Gasteiger partial charge is 0.213 e. The molecule has 2 atom stereocenters. The summed E-state index contributed by atoms with van der Waals surface area (Å²) < 4.78 is 38.4. The number of H-pyrrole nitrogens is 1. The van der Waals surface area contributed by atoms with Crippen LogP contribution in [0.2, 0.25) is 0 Å². The Bertz CT molecular complexity index is 933. The van der Waals surface area contributed by atoms with Crippen molar-refractivity contribution in [1.82, 2.24) is 19.9 Å². The van der Waals surface area contributed by atoms with Crippen LogP contribution in [0.3, 0.4) is 0 Å². The third kappa shape index (κ3) is 4.06. The molecule has 3 heterocycles. The maximum atomic E-state index is 14.4. The van der Waals surface area contributed by atoms with E-state index in [9.17, 15) is 8.78 Å². The van der Waals surface area contributed by atoms with Crippen LogP contribution in [0.25, 0.3) is 11.0 Å². The van der Waals surface area contributed by atoms with Crippen molar-refractivity contribution in [2.24, 2.45) is 0 Å². The standard InChI is InChI=1S/C19H20F2N4O2/c1-26-19-4-2-3-13(22-19)8-25-9-14(21)17(10-25)27-11-18-23-15-6-5-12(20)7-16(15)24-18/h2-7,14,17H,8-11H2,1H3,(H,23,24)/t14-,17+/m1/s1. The van der Waals surface area contributed by atoms with Crippen molar-refractivity contribution in [2.45, 2.75) is 25.4 Å². The molecule has 0 saturated carbocycles. The van der Waals surface area contributed by atoms with Crippen LogP contribution in [0.1, 0.15) is 11.5 Å². The third-order valence-electron chi connectivity index (χ3n) is 4.58. The predicted octanol–water partition coefficient (Wildman–Crippen LogP) is 2.84. The van der Waals surface area contributed by atoms with E-state index >= 15 is 0 Å². The van der Waals surface area contributed by atoms with Crippen LogP contribution < -0.4 is 4.74 Å². The summed E-state index contributed by atoms with van der Waals surface area (Å²) in [5.41, 5.74) is 2.08. The molecule has 2 aromatic heterocycles. The molecular weight excluding hydrogens is 354 g/mol. The average Bonchev–Trinajstić information content (AvgIpc) is 3.22. The zero-order valence-corrected chi connectivity index (χ0v) is 14.9. The van der Waals surface area contributed by atoms with Crippen molar-refractivity contribution < 1.29 is 18.3 Å². The molecule has 8 heteroatoms. The van der Waals surface area contributed by atoms with Gasteiger partial charge in [0.25, 0.3) is 0 Å². The highest BCUT2D eigenvalue weighted by Gasteiger charge is 2.34. The van der Waals surface area contributed by atoms with Gasteiger partial charge in [0.05, 0.1) is 23.8 Å². The van der Waals surface area contributed by atoms with Gasteiger partial charge in [0.2, 0.25) is 5.88 Å². The van der Waals surface area contributed by atoms with Crippen LogP contribution in [-0.4, -0.2) is 52.3 Å². The first-order valence-electron chi connectivity index (χ1n) is 8.73. The van der Waals surface area contributed by atoms with Crippen molar-refractivity contribution in [2.75, 3.05) is 20.2 Å². The van der Waals surface area contributed by atoms with E-state index in [0.29, 0.717) is 35.8 Å². The number of benzene rings is 1. The highest BCUT2D eigenvalue weighted by molar-refractivity contribution is 5.74. The van der Waals surface area contributed by atoms with Crippen molar-refractivity contribution in [3.05, 3.63) is 53.7 Å². The van der Waals surface area contributed by atoms with E-state index in [0.717, 1.165) is 5.69 Å². The van der Waals surface area contributed by atoms with E-state index in [1.165, 1.54) is 12.1 Å². The largest absolute Gasteiger partial charge is 0.481 e. The van der Waals surface area contributed by atoms with Gasteiger partial charge in [-0.2, -0.15) is 0 Å². The summed E-state index contributed by atoms with van der Waals surface area (Å²) in [5.74, 6) is 0.758. The van der Waals surface area contributed by atoms with Crippen LogP contribution in [0.4, 0.5) is 8.78 Å². The van der Waals surface area contributed by atoms with E-state index in [1.807, 2.05) is 17.0 Å². The first kappa shape index (κ1) is 17.8. The van der Waals surface area contributed by atoms with Crippen molar-refractivity contribution in [3.63, 3.8) is 0 Å². The van der Waals surface area contributed by atoms with Crippen LogP contribution >= 0.6 is 0 Å². The highest BCUT2D eigenvalue weighted by Crippen LogP contribution is 2.21. The fourth-order valence-electron chi connectivity index (χ4n) is 3.27. The summed E-state index contributed by atoms with van der Waals surface area (Å²) in [6.45, 7) is 1.43. The molecule has 1 aliphatic heterocycles. The lowest BCUT2D eigenvalue weighted by Gasteiger charge is -2.15. The van der Waals surface area contributed by atoms with E-state index in [4.69, 9.17) is 9.47 Å². The Morgan fingerprint density at radius 3 is 2.96 bits per heavy atom. The van der Waals surface area contributed by atoms with Gasteiger partial charge in [-0.25, -0.2) is 18.7 Å². The van der Waals surface area contributed by atoms with Gasteiger partial charge in [0.15, 0.2) is 0 Å². The average molecular weight is 374 g/mol. The number of halogens is 2. The van der Waals surface area contributed by atoms with Crippen molar-refractivity contribution in [3.8, 4) is 5.88 Å². The SMILES string of the molecule is COc1cccc(CN2C[C@@H](F)[C@@H](OCc3nc4ccc(F)cc4[nH]3)C2)n1. The Morgan fingerprint density at radius 2 is 2.11 bits per heavy atom. The lowest BCUT2D eigenvalue weighted by atomic mass is 10.3. The summed E-state index contributed by atoms with van der Waals surface area (Å²) in [6, 6.07) is 9.85. The van der Waals surface area contributed by atoms with Gasteiger partial charge in [-0.3, -0.25) is 4.90 Å². The van der Waals surface area contributed by atoms with Crippen molar-refractivity contribution in [1.29, 1.82) is 0 Å². The topological polar surface area (TPSA) is 63.3 Å². The number of nitrogens with zero attached hydrogens (tertiary/aromatic N) is 3. The molecule has 0 amide bonds. The molecule has 1 saturated heterocycles. The second-order valence-electron chi connectivity index (χ2n) is 6.58. The van der Waals surface area contributed by atoms with Crippen LogP contribution in [-0.2, 0) is 17.9 Å². The Balaban J connectivity index is 1.35. The summed E-state index contributed by atoms with van der Waals surface area (Å²) in [4.78, 5) is 13.7. The number of alkyl halides is 1. The Morgan fingerprint density at radius 1 is 1.22 bits per heavy atom. The summed E-state index contributed by atoms with van der Waals surface area (Å²) in [7, 11) is 1.57. The molecule has 142 valence electrons. The number of pyridine rings is 1. The number of nitrogens with one attached hydrogen (secondary N) is 1. The zero-order chi connectivity index (χ0) is 18.8. The normalized spacial score (nSPS) is 20.4. The number of rotatable bonds is 6. The molecule has 1 fully saturated rings. The van der Waals surface area contributed by atoms with Gasteiger partial charge >= 0.3 is 0 Å². The molecule has 0 unspecified atom stereocenters. The Kier molecular flexibility index (Phi) is 5.00. The Hall–Kier alpha value is -2.58. The molecule has 1 N–H and O–H groups in total. The highest BCUT2D eigenvalue weighted by atomic mass is 19.1. The number of aromatic amines is 1. The van der Waals surface area contributed by atoms with E-state index in [2.05, 4.69) is 15.0 Å². The second kappa shape index (κ2) is 7.58. The molecule has 27 heavy (non-hydrogen) atoms. The van der Waals surface area contributed by atoms with E-state index < -0.39 is 12.3 Å². The number of hydrogen-bond donors (Lipinski definition) is 1. The summed E-state index contributed by atoms with van der Waals surface area (Å²) >= 11 is 0. The number of fused-ring (bicyclic) bond motifs is 1. The van der Waals surface area contributed by atoms with E-state index in [1.54, 1.807) is 19.2 Å². The minimum absolute atomic E-state index is 0.145. The first-order valence-corrected chi connectivity index (χ1v) is 8.73. The Labute approximate surface area is 155 Å². The quantitative estimate of drug-likeness (QED) is 0.719. The number of methoxy groups -OCH3 is 1. The molecule has 1 aliphatic rings. The fraction of sp³-hybridized carbons (Fsp3) is 0.368. The third-order valence-corrected chi connectivity index (χ3v) is 4.58. The molecule has 0 bridgehead atoms. The van der Waals surface area contributed by atoms with Crippen LogP contribution in [0.5, 0.6) is 5.88 Å². The maximum absolute atomic E-state index is 14.4. The monoisotopic (exact) mass is 374 g/mol. The molecule has 0 aliphatic carbocycles. The number of imidazole rings is 1. The minimum Gasteiger partial charge on any atom is -0.481 e. The number of ether oxygens (including phenoxy) is 2. The van der Waals surface area contributed by atoms with Gasteiger partial charge in [-0.15, -0.1) is 0 Å². The lowest BCUT2D eigenvalue weighted by molar-refractivity contribution is 0.00861. The summed E-state index contributed by atoms with van der Waals surface area (Å²) in [6.07, 6.45) is -1.63. The molecule has 0 radical (unpaired) electrons. The molecule has 1 aromatic carbocycles. The van der Waals surface area contributed by atoms with Gasteiger partial charge in [-0.05, 0) is 24.3 Å². The minimum atomic E-state index is -1.09. The van der Waals surface area contributed by atoms with Crippen molar-refractivity contribution >= 4 is 11.0 Å². The van der Waals surface area contributed by atoms with Gasteiger partial charge in [0.1, 0.15) is 30.5 Å². The first-order chi connectivity index (χ1) is 13.1. The number of aromatic nitrogens is 3. The number of likely N-dealkylation sites (tertiary alicyclic amines) is 1. The lowest BCUT2D eigenvalue weighted by Crippen LogP contribution is -2.24.